The third-order valence-electron chi connectivity index (χ3n) is 5.99. The third kappa shape index (κ3) is 8.82. The van der Waals surface area contributed by atoms with Gasteiger partial charge in [-0.25, -0.2) is 8.42 Å². The molecule has 0 fully saturated rings. The van der Waals surface area contributed by atoms with Gasteiger partial charge in [0.2, 0.25) is 10.0 Å². The fourth-order valence-corrected chi connectivity index (χ4v) is 4.61. The van der Waals surface area contributed by atoms with Crippen molar-refractivity contribution in [3.8, 4) is 17.2 Å². The standard InChI is InChI=1S/C27H34N2O6S.ClH/c1-18(28-17-27(31)21-9-14-26(30)25(16-21)29-36(4,32)33)15-24(19-5-10-22(34-2)11-6-19)20-7-12-23(35-3)13-8-20;/h5-14,16,18,24,27-31H,15,17H2,1-4H3;1H/t18?,27-;/m0./s1. The molecule has 0 amide bonds. The molecular formula is C27H35ClN2O6S. The first-order chi connectivity index (χ1) is 17.1. The maximum absolute atomic E-state index is 11.5. The second-order valence-corrected chi connectivity index (χ2v) is 10.6. The summed E-state index contributed by atoms with van der Waals surface area (Å²) in [5.41, 5.74) is 2.80. The second kappa shape index (κ2) is 13.5. The molecular weight excluding hydrogens is 516 g/mol. The number of phenolic OH excluding ortho intramolecular Hbond substituents is 1. The Morgan fingerprint density at radius 3 is 1.81 bits per heavy atom. The molecule has 1 unspecified atom stereocenters. The van der Waals surface area contributed by atoms with E-state index in [-0.39, 0.29) is 42.3 Å². The van der Waals surface area contributed by atoms with Gasteiger partial charge in [-0.1, -0.05) is 30.3 Å². The lowest BCUT2D eigenvalue weighted by atomic mass is 9.86. The number of aliphatic hydroxyl groups excluding tert-OH is 1. The van der Waals surface area contributed by atoms with Gasteiger partial charge in [0.1, 0.15) is 17.2 Å². The van der Waals surface area contributed by atoms with Gasteiger partial charge in [0, 0.05) is 18.5 Å². The Bertz CT molecular complexity index is 1190. The Balaban J connectivity index is 0.00000481. The summed E-state index contributed by atoms with van der Waals surface area (Å²) in [6.45, 7) is 2.31. The van der Waals surface area contributed by atoms with Crippen LogP contribution in [0.3, 0.4) is 0 Å². The van der Waals surface area contributed by atoms with E-state index in [1.807, 2.05) is 24.3 Å². The summed E-state index contributed by atoms with van der Waals surface area (Å²) in [6.07, 6.45) is 0.872. The molecule has 2 atom stereocenters. The number of hydrogen-bond donors (Lipinski definition) is 4. The Hall–Kier alpha value is -2.98. The van der Waals surface area contributed by atoms with E-state index in [0.717, 1.165) is 35.3 Å². The molecule has 0 aliphatic rings. The number of phenols is 1. The minimum Gasteiger partial charge on any atom is -0.506 e. The molecule has 0 aliphatic carbocycles. The first-order valence-electron chi connectivity index (χ1n) is 11.6. The predicted molar refractivity (Wildman–Crippen MR) is 149 cm³/mol. The zero-order valence-corrected chi connectivity index (χ0v) is 23.0. The summed E-state index contributed by atoms with van der Waals surface area (Å²) in [4.78, 5) is 0. The number of hydrogen-bond acceptors (Lipinski definition) is 7. The normalized spacial score (nSPS) is 12.9. The zero-order chi connectivity index (χ0) is 26.3. The minimum absolute atomic E-state index is 0. The van der Waals surface area contributed by atoms with E-state index in [9.17, 15) is 18.6 Å². The van der Waals surface area contributed by atoms with Gasteiger partial charge in [0.05, 0.1) is 32.3 Å². The van der Waals surface area contributed by atoms with Crippen LogP contribution < -0.4 is 19.5 Å². The van der Waals surface area contributed by atoms with Crippen molar-refractivity contribution >= 4 is 28.1 Å². The maximum Gasteiger partial charge on any atom is 0.229 e. The summed E-state index contributed by atoms with van der Waals surface area (Å²) in [5.74, 6) is 1.47. The second-order valence-electron chi connectivity index (χ2n) is 8.81. The van der Waals surface area contributed by atoms with Crippen LogP contribution in [0.25, 0.3) is 0 Å². The van der Waals surface area contributed by atoms with Gasteiger partial charge in [0.15, 0.2) is 0 Å². The maximum atomic E-state index is 11.5. The number of benzene rings is 3. The molecule has 202 valence electrons. The Morgan fingerprint density at radius 1 is 0.865 bits per heavy atom. The zero-order valence-electron chi connectivity index (χ0n) is 21.3. The van der Waals surface area contributed by atoms with Crippen molar-refractivity contribution in [1.82, 2.24) is 5.32 Å². The Morgan fingerprint density at radius 2 is 1.35 bits per heavy atom. The van der Waals surface area contributed by atoms with Crippen LogP contribution in [0, 0.1) is 0 Å². The summed E-state index contributed by atoms with van der Waals surface area (Å²) in [5, 5.41) is 24.0. The third-order valence-corrected chi connectivity index (χ3v) is 6.58. The fraction of sp³-hybridized carbons (Fsp3) is 0.333. The number of methoxy groups -OCH3 is 2. The Kier molecular flexibility index (Phi) is 11.1. The van der Waals surface area contributed by atoms with Crippen LogP contribution in [0.4, 0.5) is 5.69 Å². The molecule has 0 heterocycles. The first-order valence-corrected chi connectivity index (χ1v) is 13.5. The van der Waals surface area contributed by atoms with Gasteiger partial charge in [-0.2, -0.15) is 0 Å². The summed E-state index contributed by atoms with van der Waals surface area (Å²) >= 11 is 0. The van der Waals surface area contributed by atoms with Crippen LogP contribution in [0.2, 0.25) is 0 Å². The highest BCUT2D eigenvalue weighted by Crippen LogP contribution is 2.32. The number of aliphatic hydroxyl groups is 1. The van der Waals surface area contributed by atoms with E-state index in [4.69, 9.17) is 9.47 Å². The number of halogens is 1. The largest absolute Gasteiger partial charge is 0.506 e. The van der Waals surface area contributed by atoms with Crippen molar-refractivity contribution in [2.75, 3.05) is 31.7 Å². The molecule has 3 aromatic carbocycles. The molecule has 0 aliphatic heterocycles. The number of ether oxygens (including phenoxy) is 2. The average Bonchev–Trinajstić information content (AvgIpc) is 2.86. The molecule has 3 rings (SSSR count). The number of sulfonamides is 1. The van der Waals surface area contributed by atoms with Crippen LogP contribution in [-0.2, 0) is 10.0 Å². The van der Waals surface area contributed by atoms with Crippen LogP contribution in [0.15, 0.2) is 66.7 Å². The van der Waals surface area contributed by atoms with Crippen LogP contribution in [-0.4, -0.2) is 51.7 Å². The monoisotopic (exact) mass is 550 g/mol. The molecule has 10 heteroatoms. The quantitative estimate of drug-likeness (QED) is 0.246. The molecule has 0 aromatic heterocycles. The molecule has 0 saturated carbocycles. The van der Waals surface area contributed by atoms with Crippen molar-refractivity contribution in [2.45, 2.75) is 31.4 Å². The number of nitrogens with one attached hydrogen (secondary N) is 2. The molecule has 0 saturated heterocycles. The van der Waals surface area contributed by atoms with Gasteiger partial charge in [-0.15, -0.1) is 12.4 Å². The number of anilines is 1. The summed E-state index contributed by atoms with van der Waals surface area (Å²) < 4.78 is 36.0. The first kappa shape index (κ1) is 30.2. The van der Waals surface area contributed by atoms with Gasteiger partial charge in [-0.05, 0) is 66.4 Å². The van der Waals surface area contributed by atoms with Crippen LogP contribution in [0.5, 0.6) is 17.2 Å². The lowest BCUT2D eigenvalue weighted by Crippen LogP contribution is -2.32. The molecule has 0 bridgehead atoms. The number of aromatic hydroxyl groups is 1. The molecule has 0 spiro atoms. The van der Waals surface area contributed by atoms with E-state index in [2.05, 4.69) is 41.2 Å². The molecule has 4 N–H and O–H groups in total. The van der Waals surface area contributed by atoms with E-state index >= 15 is 0 Å². The molecule has 8 nitrogen and oxygen atoms in total. The van der Waals surface area contributed by atoms with E-state index in [0.29, 0.717) is 5.56 Å². The number of rotatable bonds is 12. The predicted octanol–water partition coefficient (Wildman–Crippen LogP) is 4.44. The van der Waals surface area contributed by atoms with E-state index < -0.39 is 16.1 Å². The Labute approximate surface area is 225 Å². The van der Waals surface area contributed by atoms with Crippen LogP contribution >= 0.6 is 12.4 Å². The molecule has 0 radical (unpaired) electrons. The highest BCUT2D eigenvalue weighted by molar-refractivity contribution is 7.92. The van der Waals surface area contributed by atoms with Crippen molar-refractivity contribution in [2.24, 2.45) is 0 Å². The highest BCUT2D eigenvalue weighted by atomic mass is 35.5. The SMILES string of the molecule is COc1ccc(C(CC(C)NC[C@H](O)c2ccc(O)c(NS(C)(=O)=O)c2)c2ccc(OC)cc2)cc1.Cl. The smallest absolute Gasteiger partial charge is 0.229 e. The average molecular weight is 551 g/mol. The lowest BCUT2D eigenvalue weighted by Gasteiger charge is -2.24. The van der Waals surface area contributed by atoms with E-state index in [1.54, 1.807) is 20.3 Å². The topological polar surface area (TPSA) is 117 Å². The molecule has 3 aromatic rings. The van der Waals surface area contributed by atoms with Crippen molar-refractivity contribution in [3.63, 3.8) is 0 Å². The van der Waals surface area contributed by atoms with Gasteiger partial charge >= 0.3 is 0 Å². The minimum atomic E-state index is -3.57. The molecule has 37 heavy (non-hydrogen) atoms. The van der Waals surface area contributed by atoms with Gasteiger partial charge < -0.3 is 25.0 Å². The summed E-state index contributed by atoms with van der Waals surface area (Å²) in [7, 11) is -0.285. The fourth-order valence-electron chi connectivity index (χ4n) is 4.05. The lowest BCUT2D eigenvalue weighted by molar-refractivity contribution is 0.169. The van der Waals surface area contributed by atoms with E-state index in [1.165, 1.54) is 12.1 Å². The van der Waals surface area contributed by atoms with Crippen molar-refractivity contribution in [1.29, 1.82) is 0 Å². The highest BCUT2D eigenvalue weighted by Gasteiger charge is 2.20. The van der Waals surface area contributed by atoms with Crippen molar-refractivity contribution in [3.05, 3.63) is 83.4 Å². The summed E-state index contributed by atoms with van der Waals surface area (Å²) in [6, 6.07) is 20.4. The van der Waals surface area contributed by atoms with Gasteiger partial charge in [-0.3, -0.25) is 4.72 Å². The van der Waals surface area contributed by atoms with Crippen LogP contribution in [0.1, 0.15) is 42.1 Å². The van der Waals surface area contributed by atoms with Crippen molar-refractivity contribution < 1.29 is 28.1 Å². The van der Waals surface area contributed by atoms with Gasteiger partial charge in [0.25, 0.3) is 0 Å².